The van der Waals surface area contributed by atoms with Gasteiger partial charge in [0.15, 0.2) is 0 Å². The predicted molar refractivity (Wildman–Crippen MR) is 112 cm³/mol. The monoisotopic (exact) mass is 414 g/mol. The van der Waals surface area contributed by atoms with Gasteiger partial charge < -0.3 is 20.0 Å². The molecule has 1 aromatic heterocycles. The van der Waals surface area contributed by atoms with E-state index in [-0.39, 0.29) is 11.9 Å². The maximum absolute atomic E-state index is 12.9. The molecule has 2 aromatic rings. The number of hydrogen-bond acceptors (Lipinski definition) is 6. The Labute approximate surface area is 174 Å². The van der Waals surface area contributed by atoms with Crippen LogP contribution in [0.1, 0.15) is 29.9 Å². The van der Waals surface area contributed by atoms with Gasteiger partial charge in [0, 0.05) is 48.5 Å². The van der Waals surface area contributed by atoms with Crippen LogP contribution in [0, 0.1) is 0 Å². The summed E-state index contributed by atoms with van der Waals surface area (Å²) < 4.78 is 0. The molecule has 0 bridgehead atoms. The largest absolute Gasteiger partial charge is 0.342 e. The number of amides is 2. The summed E-state index contributed by atoms with van der Waals surface area (Å²) in [6.07, 6.45) is 0.860. The number of anilines is 3. The number of fused-ring (bicyclic) bond motifs is 1. The summed E-state index contributed by atoms with van der Waals surface area (Å²) in [5.74, 6) is 1.05. The number of hydrogen-bond donors (Lipinski definition) is 1. The summed E-state index contributed by atoms with van der Waals surface area (Å²) in [5, 5.41) is 3.98. The van der Waals surface area contributed by atoms with Gasteiger partial charge in [-0.25, -0.2) is 4.98 Å². The minimum absolute atomic E-state index is 0.0691. The number of carbonyl (C=O) groups is 2. The van der Waals surface area contributed by atoms with E-state index in [2.05, 4.69) is 10.3 Å². The Kier molecular flexibility index (Phi) is 5.27. The summed E-state index contributed by atoms with van der Waals surface area (Å²) in [7, 11) is 0. The zero-order valence-electron chi connectivity index (χ0n) is 16.4. The molecule has 1 aromatic carbocycles. The van der Waals surface area contributed by atoms with E-state index in [0.29, 0.717) is 55.2 Å². The molecular weight excluding hydrogens is 392 g/mol. The van der Waals surface area contributed by atoms with E-state index in [9.17, 15) is 9.59 Å². The van der Waals surface area contributed by atoms with Crippen LogP contribution in [0.3, 0.4) is 0 Å². The van der Waals surface area contributed by atoms with Crippen LogP contribution in [0.25, 0.3) is 0 Å². The molecule has 1 saturated heterocycles. The summed E-state index contributed by atoms with van der Waals surface area (Å²) in [6, 6.07) is 7.42. The summed E-state index contributed by atoms with van der Waals surface area (Å²) in [6.45, 7) is 6.92. The van der Waals surface area contributed by atoms with Crippen LogP contribution in [0.2, 0.25) is 5.02 Å². The van der Waals surface area contributed by atoms with Crippen molar-refractivity contribution >= 4 is 41.4 Å². The van der Waals surface area contributed by atoms with Crippen molar-refractivity contribution in [3.8, 4) is 0 Å². The Hall–Kier alpha value is -2.87. The first-order chi connectivity index (χ1) is 14.0. The fraction of sp³-hybridized carbons (Fsp3) is 0.400. The van der Waals surface area contributed by atoms with E-state index < -0.39 is 0 Å². The van der Waals surface area contributed by atoms with Crippen molar-refractivity contribution in [3.05, 3.63) is 40.5 Å². The third-order valence-electron chi connectivity index (χ3n) is 5.26. The van der Waals surface area contributed by atoms with Crippen LogP contribution in [-0.2, 0) is 11.3 Å². The van der Waals surface area contributed by atoms with Gasteiger partial charge in [-0.3, -0.25) is 9.59 Å². The minimum atomic E-state index is -0.0793. The van der Waals surface area contributed by atoms with Gasteiger partial charge in [-0.05, 0) is 38.1 Å². The summed E-state index contributed by atoms with van der Waals surface area (Å²) in [4.78, 5) is 38.8. The van der Waals surface area contributed by atoms with Gasteiger partial charge >= 0.3 is 0 Å². The average Bonchev–Trinajstić information content (AvgIpc) is 3.07. The van der Waals surface area contributed by atoms with Gasteiger partial charge in [-0.2, -0.15) is 4.98 Å². The number of piperazine rings is 1. The Morgan fingerprint density at radius 1 is 1.10 bits per heavy atom. The zero-order valence-corrected chi connectivity index (χ0v) is 17.2. The van der Waals surface area contributed by atoms with Crippen LogP contribution in [0.4, 0.5) is 17.5 Å². The van der Waals surface area contributed by atoms with Crippen molar-refractivity contribution < 1.29 is 9.59 Å². The molecule has 1 fully saturated rings. The molecule has 0 unspecified atom stereocenters. The summed E-state index contributed by atoms with van der Waals surface area (Å²) in [5.41, 5.74) is 2.08. The first-order valence-electron chi connectivity index (χ1n) is 9.65. The summed E-state index contributed by atoms with van der Waals surface area (Å²) >= 11 is 5.99. The molecule has 2 amide bonds. The van der Waals surface area contributed by atoms with Crippen molar-refractivity contribution in [2.75, 3.05) is 36.4 Å². The molecule has 3 heterocycles. The molecule has 1 N–H and O–H groups in total. The number of nitrogens with one attached hydrogen (secondary N) is 1. The van der Waals surface area contributed by atoms with Crippen molar-refractivity contribution in [1.29, 1.82) is 0 Å². The van der Waals surface area contributed by atoms with Gasteiger partial charge in [0.05, 0.1) is 6.54 Å². The smallest absolute Gasteiger partial charge is 0.273 e. The molecule has 4 rings (SSSR count). The zero-order chi connectivity index (χ0) is 20.5. The SMILES string of the molecule is CC(C)N1Cc2c(Nc3ccc(Cl)cc3)nc(N3CCN(C=O)CC3)nc2C1=O. The molecule has 2 aliphatic rings. The Morgan fingerprint density at radius 3 is 2.41 bits per heavy atom. The second-order valence-corrected chi connectivity index (χ2v) is 7.92. The van der Waals surface area contributed by atoms with E-state index in [1.165, 1.54) is 0 Å². The lowest BCUT2D eigenvalue weighted by atomic mass is 10.2. The van der Waals surface area contributed by atoms with Gasteiger partial charge in [0.25, 0.3) is 5.91 Å². The van der Waals surface area contributed by atoms with Crippen molar-refractivity contribution in [3.63, 3.8) is 0 Å². The molecule has 29 heavy (non-hydrogen) atoms. The highest BCUT2D eigenvalue weighted by Crippen LogP contribution is 2.32. The lowest BCUT2D eigenvalue weighted by molar-refractivity contribution is -0.118. The number of benzene rings is 1. The quantitative estimate of drug-likeness (QED) is 0.757. The van der Waals surface area contributed by atoms with Gasteiger partial charge in [-0.15, -0.1) is 0 Å². The van der Waals surface area contributed by atoms with E-state index in [0.717, 1.165) is 17.7 Å². The Morgan fingerprint density at radius 2 is 1.79 bits per heavy atom. The van der Waals surface area contributed by atoms with Crippen LogP contribution in [0.5, 0.6) is 0 Å². The maximum Gasteiger partial charge on any atom is 0.273 e. The van der Waals surface area contributed by atoms with Gasteiger partial charge in [-0.1, -0.05) is 11.6 Å². The molecule has 0 saturated carbocycles. The number of aromatic nitrogens is 2. The predicted octanol–water partition coefficient (Wildman–Crippen LogP) is 2.52. The fourth-order valence-corrected chi connectivity index (χ4v) is 3.66. The van der Waals surface area contributed by atoms with Crippen LogP contribution in [0.15, 0.2) is 24.3 Å². The molecular formula is C20H23ClN6O2. The van der Waals surface area contributed by atoms with Crippen molar-refractivity contribution in [2.24, 2.45) is 0 Å². The molecule has 0 radical (unpaired) electrons. The number of rotatable bonds is 5. The first kappa shape index (κ1) is 19.4. The standard InChI is InChI=1S/C20H23ClN6O2/c1-13(2)27-11-16-17(19(27)29)23-20(26-9-7-25(12-28)8-10-26)24-18(16)22-15-5-3-14(21)4-6-15/h3-6,12-13H,7-11H2,1-2H3,(H,22,23,24). The lowest BCUT2D eigenvalue weighted by Crippen LogP contribution is -2.46. The van der Waals surface area contributed by atoms with E-state index >= 15 is 0 Å². The van der Waals surface area contributed by atoms with Gasteiger partial charge in [0.1, 0.15) is 11.5 Å². The highest BCUT2D eigenvalue weighted by Gasteiger charge is 2.35. The minimum Gasteiger partial charge on any atom is -0.342 e. The van der Waals surface area contributed by atoms with E-state index in [1.807, 2.05) is 30.9 Å². The second-order valence-electron chi connectivity index (χ2n) is 7.49. The average molecular weight is 415 g/mol. The molecule has 2 aliphatic heterocycles. The number of halogens is 1. The number of carbonyl (C=O) groups excluding carboxylic acids is 2. The Bertz CT molecular complexity index is 925. The first-order valence-corrected chi connectivity index (χ1v) is 10.0. The number of nitrogens with zero attached hydrogens (tertiary/aromatic N) is 5. The molecule has 152 valence electrons. The second kappa shape index (κ2) is 7.87. The van der Waals surface area contributed by atoms with E-state index in [1.54, 1.807) is 21.9 Å². The topological polar surface area (TPSA) is 81.7 Å². The fourth-order valence-electron chi connectivity index (χ4n) is 3.54. The van der Waals surface area contributed by atoms with Crippen molar-refractivity contribution in [2.45, 2.75) is 26.4 Å². The molecule has 8 nitrogen and oxygen atoms in total. The molecule has 0 atom stereocenters. The van der Waals surface area contributed by atoms with Crippen molar-refractivity contribution in [1.82, 2.24) is 19.8 Å². The van der Waals surface area contributed by atoms with Gasteiger partial charge in [0.2, 0.25) is 12.4 Å². The van der Waals surface area contributed by atoms with E-state index in [4.69, 9.17) is 16.6 Å². The lowest BCUT2D eigenvalue weighted by Gasteiger charge is -2.32. The van der Waals surface area contributed by atoms with Crippen LogP contribution in [-0.4, -0.2) is 64.3 Å². The highest BCUT2D eigenvalue weighted by molar-refractivity contribution is 6.30. The molecule has 0 spiro atoms. The van der Waals surface area contributed by atoms with Crippen LogP contribution >= 0.6 is 11.6 Å². The third kappa shape index (κ3) is 3.85. The van der Waals surface area contributed by atoms with Crippen LogP contribution < -0.4 is 10.2 Å². The highest BCUT2D eigenvalue weighted by atomic mass is 35.5. The molecule has 0 aliphatic carbocycles. The Balaban J connectivity index is 1.70. The third-order valence-corrected chi connectivity index (χ3v) is 5.52. The maximum atomic E-state index is 12.9. The molecule has 9 heteroatoms. The normalized spacial score (nSPS) is 16.4.